The van der Waals surface area contributed by atoms with E-state index in [1.54, 1.807) is 22.7 Å². The van der Waals surface area contributed by atoms with Crippen LogP contribution in [0.3, 0.4) is 0 Å². The average molecular weight is 955 g/mol. The van der Waals surface area contributed by atoms with Crippen LogP contribution in [0.4, 0.5) is 0 Å². The van der Waals surface area contributed by atoms with Gasteiger partial charge in [-0.3, -0.25) is 9.59 Å². The van der Waals surface area contributed by atoms with Crippen molar-refractivity contribution in [3.8, 4) is 9.75 Å². The van der Waals surface area contributed by atoms with Crippen LogP contribution in [-0.4, -0.2) is 39.3 Å². The summed E-state index contributed by atoms with van der Waals surface area (Å²) in [5.41, 5.74) is 6.02. The van der Waals surface area contributed by atoms with Crippen molar-refractivity contribution < 1.29 is 9.59 Å². The lowest BCUT2D eigenvalue weighted by atomic mass is 9.94. The lowest BCUT2D eigenvalue weighted by molar-refractivity contribution is -0.123. The molecule has 2 unspecified atom stereocenters. The Labute approximate surface area is 408 Å². The first kappa shape index (κ1) is 49.9. The second-order valence-corrected chi connectivity index (χ2v) is 24.1. The van der Waals surface area contributed by atoms with Gasteiger partial charge in [-0.15, -0.1) is 45.3 Å². The Balaban J connectivity index is 1.30. The number of unbranched alkanes of at least 4 members (excludes halogenated alkanes) is 13. The molecule has 5 nitrogen and oxygen atoms in total. The molecule has 0 radical (unpaired) electrons. The number of rotatable bonds is 30. The standard InChI is InChI=1S/C56H79N3O2S4/c1-8-13-18-21-22-25-34-57-43-35-40(7)63-53(43)54-44(57)36-48(65-54)45-32-33-47(64-45)50-52-51(58(56(50)61)37-41(26-16-11-4)28-23-19-14-9-2)49(46-31-30-39(6)62-46)55(60)59(52)38-42(27-17-12-5)29-24-20-15-10-3/h30-33,35-36,41-42H,8-29,34,37-38H2,1-7H3. The van der Waals surface area contributed by atoms with Crippen molar-refractivity contribution in [2.45, 2.75) is 196 Å². The quantitative estimate of drug-likeness (QED) is 0.0431. The Morgan fingerprint density at radius 1 is 0.446 bits per heavy atom. The van der Waals surface area contributed by atoms with Crippen LogP contribution in [0.1, 0.15) is 195 Å². The summed E-state index contributed by atoms with van der Waals surface area (Å²) in [5, 5.41) is 0. The Morgan fingerprint density at radius 2 is 0.908 bits per heavy atom. The maximum atomic E-state index is 15.6. The van der Waals surface area contributed by atoms with Crippen molar-refractivity contribution in [2.24, 2.45) is 11.8 Å². The van der Waals surface area contributed by atoms with Gasteiger partial charge in [-0.1, -0.05) is 144 Å². The molecule has 2 atom stereocenters. The van der Waals surface area contributed by atoms with Crippen molar-refractivity contribution in [1.82, 2.24) is 14.4 Å². The monoisotopic (exact) mass is 954 g/mol. The van der Waals surface area contributed by atoms with Crippen molar-refractivity contribution in [1.29, 1.82) is 0 Å². The van der Waals surface area contributed by atoms with E-state index in [4.69, 9.17) is 0 Å². The lowest BCUT2D eigenvalue weighted by Crippen LogP contribution is -2.32. The van der Waals surface area contributed by atoms with Gasteiger partial charge < -0.3 is 14.4 Å². The van der Waals surface area contributed by atoms with Crippen LogP contribution in [0.5, 0.6) is 0 Å². The summed E-state index contributed by atoms with van der Waals surface area (Å²) in [4.78, 5) is 42.1. The molecule has 0 aliphatic carbocycles. The van der Waals surface area contributed by atoms with E-state index in [1.165, 1.54) is 130 Å². The summed E-state index contributed by atoms with van der Waals surface area (Å²) in [6, 6.07) is 13.6. The predicted molar refractivity (Wildman–Crippen MR) is 286 cm³/mol. The molecule has 0 fully saturated rings. The summed E-state index contributed by atoms with van der Waals surface area (Å²) in [6.45, 7) is 18.2. The Morgan fingerprint density at radius 3 is 1.46 bits per heavy atom. The Bertz CT molecular complexity index is 2400. The van der Waals surface area contributed by atoms with E-state index in [1.807, 2.05) is 22.7 Å². The highest BCUT2D eigenvalue weighted by atomic mass is 32.1. The van der Waals surface area contributed by atoms with Crippen LogP contribution in [0.2, 0.25) is 0 Å². The molecule has 0 saturated heterocycles. The van der Waals surface area contributed by atoms with E-state index >= 15 is 9.59 Å². The molecule has 2 amide bonds. The summed E-state index contributed by atoms with van der Waals surface area (Å²) in [5.74, 6) is 0.974. The fourth-order valence-corrected chi connectivity index (χ4v) is 14.8. The molecule has 7 rings (SSSR count). The number of hydrogen-bond acceptors (Lipinski definition) is 6. The number of thiophene rings is 4. The largest absolute Gasteiger partial charge is 0.339 e. The van der Waals surface area contributed by atoms with Gasteiger partial charge in [0.1, 0.15) is 0 Å². The van der Waals surface area contributed by atoms with Crippen molar-refractivity contribution in [2.75, 3.05) is 13.1 Å². The fraction of sp³-hybridized carbons (Fsp3) is 0.607. The van der Waals surface area contributed by atoms with Gasteiger partial charge in [-0.25, -0.2) is 0 Å². The van der Waals surface area contributed by atoms with E-state index in [0.29, 0.717) is 24.9 Å². The molecule has 9 heteroatoms. The molecule has 0 bridgehead atoms. The summed E-state index contributed by atoms with van der Waals surface area (Å²) in [7, 11) is 0. The highest BCUT2D eigenvalue weighted by Crippen LogP contribution is 2.52. The van der Waals surface area contributed by atoms with Crippen LogP contribution in [0, 0.1) is 25.7 Å². The summed E-state index contributed by atoms with van der Waals surface area (Å²) < 4.78 is 5.39. The first-order valence-corrected chi connectivity index (χ1v) is 29.3. The fourth-order valence-electron chi connectivity index (χ4n) is 10.4. The van der Waals surface area contributed by atoms with Crippen molar-refractivity contribution >= 4 is 88.7 Å². The van der Waals surface area contributed by atoms with E-state index < -0.39 is 0 Å². The number of aryl methyl sites for hydroxylation is 3. The molecule has 5 aromatic rings. The van der Waals surface area contributed by atoms with Crippen molar-refractivity contribution in [3.05, 3.63) is 67.3 Å². The van der Waals surface area contributed by atoms with E-state index in [0.717, 1.165) is 90.2 Å². The Kier molecular flexibility index (Phi) is 18.7. The zero-order chi connectivity index (χ0) is 45.9. The topological polar surface area (TPSA) is 45.6 Å². The molecule has 0 spiro atoms. The number of fused-ring (bicyclic) bond motifs is 4. The molecular formula is C56H79N3O2S4. The molecule has 0 N–H and O–H groups in total. The van der Waals surface area contributed by atoms with Gasteiger partial charge in [0.25, 0.3) is 11.8 Å². The molecule has 5 aromatic heterocycles. The molecule has 65 heavy (non-hydrogen) atoms. The zero-order valence-corrected chi connectivity index (χ0v) is 44.4. The van der Waals surface area contributed by atoms with Gasteiger partial charge in [-0.05, 0) is 94.2 Å². The SMILES string of the molecule is CCCCCCCCn1c2cc(C)sc2c2sc(-c3ccc(C4=C5C(=C(c6ccc(C)s6)C(=O)N5CC(CCCC)CCCCCC)N(CC(CCCC)CCCCCC)C4=O)s3)cc21. The molecular weight excluding hydrogens is 875 g/mol. The minimum absolute atomic E-state index is 0.0901. The number of aromatic nitrogens is 1. The van der Waals surface area contributed by atoms with Crippen LogP contribution in [0.25, 0.3) is 41.3 Å². The number of hydrogen-bond donors (Lipinski definition) is 0. The Hall–Kier alpha value is -2.98. The minimum Gasteiger partial charge on any atom is -0.339 e. The van der Waals surface area contributed by atoms with Crippen LogP contribution >= 0.6 is 45.3 Å². The third-order valence-electron chi connectivity index (χ3n) is 14.1. The molecule has 0 saturated carbocycles. The third kappa shape index (κ3) is 11.7. The first-order chi connectivity index (χ1) is 31.7. The van der Waals surface area contributed by atoms with Crippen LogP contribution < -0.4 is 0 Å². The van der Waals surface area contributed by atoms with Crippen molar-refractivity contribution in [3.63, 3.8) is 0 Å². The van der Waals surface area contributed by atoms with E-state index in [-0.39, 0.29) is 11.8 Å². The second-order valence-electron chi connectivity index (χ2n) is 19.4. The first-order valence-electron chi connectivity index (χ1n) is 26.0. The van der Waals surface area contributed by atoms with Gasteiger partial charge in [0.05, 0.1) is 43.0 Å². The normalized spacial score (nSPS) is 15.4. The van der Waals surface area contributed by atoms with E-state index in [2.05, 4.69) is 99.2 Å². The minimum atomic E-state index is 0.0901. The maximum Gasteiger partial charge on any atom is 0.262 e. The van der Waals surface area contributed by atoms with Gasteiger partial charge in [0.2, 0.25) is 0 Å². The van der Waals surface area contributed by atoms with Gasteiger partial charge in [0, 0.05) is 48.9 Å². The smallest absolute Gasteiger partial charge is 0.262 e. The number of carbonyl (C=O) groups is 2. The molecule has 2 aliphatic heterocycles. The molecule has 2 aliphatic rings. The molecule has 354 valence electrons. The van der Waals surface area contributed by atoms with Gasteiger partial charge in [0.15, 0.2) is 0 Å². The number of nitrogens with zero attached hydrogens (tertiary/aromatic N) is 3. The van der Waals surface area contributed by atoms with Gasteiger partial charge >= 0.3 is 0 Å². The summed E-state index contributed by atoms with van der Waals surface area (Å²) >= 11 is 7.29. The van der Waals surface area contributed by atoms with E-state index in [9.17, 15) is 0 Å². The third-order valence-corrected chi connectivity index (χ3v) is 18.7. The number of amides is 2. The highest BCUT2D eigenvalue weighted by Gasteiger charge is 2.49. The van der Waals surface area contributed by atoms with Gasteiger partial charge in [-0.2, -0.15) is 0 Å². The zero-order valence-electron chi connectivity index (χ0n) is 41.1. The molecule has 0 aromatic carbocycles. The molecule has 7 heterocycles. The lowest BCUT2D eigenvalue weighted by Gasteiger charge is -2.27. The summed E-state index contributed by atoms with van der Waals surface area (Å²) in [6.07, 6.45) is 26.6. The predicted octanol–water partition coefficient (Wildman–Crippen LogP) is 18.0. The maximum absolute atomic E-state index is 15.6. The second kappa shape index (κ2) is 24.3. The number of carbonyl (C=O) groups excluding carboxylic acids is 2. The van der Waals surface area contributed by atoms with Crippen LogP contribution in [0.15, 0.2) is 47.8 Å². The highest BCUT2D eigenvalue weighted by molar-refractivity contribution is 7.30. The average Bonchev–Trinajstić information content (AvgIpc) is 4.18. The van der Waals surface area contributed by atoms with Crippen LogP contribution in [-0.2, 0) is 16.1 Å².